The zero-order valence-corrected chi connectivity index (χ0v) is 15.0. The largest absolute Gasteiger partial charge is 0.381 e. The summed E-state index contributed by atoms with van der Waals surface area (Å²) in [5.41, 5.74) is 0. The number of nitrogens with zero attached hydrogens (tertiary/aromatic N) is 2. The molecule has 1 aliphatic heterocycles. The predicted molar refractivity (Wildman–Crippen MR) is 94.5 cm³/mol. The van der Waals surface area contributed by atoms with E-state index in [0.29, 0.717) is 12.0 Å². The molecule has 2 N–H and O–H groups in total. The third-order valence-electron chi connectivity index (χ3n) is 4.09. The predicted octanol–water partition coefficient (Wildman–Crippen LogP) is 2.09. The van der Waals surface area contributed by atoms with Gasteiger partial charge in [0.2, 0.25) is 0 Å². The van der Waals surface area contributed by atoms with Crippen LogP contribution >= 0.6 is 0 Å². The molecule has 1 rings (SSSR count). The van der Waals surface area contributed by atoms with Gasteiger partial charge in [-0.2, -0.15) is 0 Å². The van der Waals surface area contributed by atoms with Crippen molar-refractivity contribution in [3.05, 3.63) is 0 Å². The van der Waals surface area contributed by atoms with Crippen LogP contribution in [-0.4, -0.2) is 63.3 Å². The highest BCUT2D eigenvalue weighted by Crippen LogP contribution is 2.15. The second kappa shape index (κ2) is 11.7. The first kappa shape index (κ1) is 19.2. The van der Waals surface area contributed by atoms with Crippen molar-refractivity contribution < 1.29 is 4.74 Å². The lowest BCUT2D eigenvalue weighted by molar-refractivity contribution is 0.108. The minimum absolute atomic E-state index is 0.611. The highest BCUT2D eigenvalue weighted by atomic mass is 16.5. The van der Waals surface area contributed by atoms with Crippen LogP contribution in [0, 0.1) is 5.92 Å². The Labute approximate surface area is 136 Å². The summed E-state index contributed by atoms with van der Waals surface area (Å²) in [7, 11) is 1.84. The van der Waals surface area contributed by atoms with E-state index in [1.807, 2.05) is 7.05 Å². The molecule has 0 amide bonds. The average Bonchev–Trinajstić information content (AvgIpc) is 2.53. The van der Waals surface area contributed by atoms with Gasteiger partial charge >= 0.3 is 0 Å². The second-order valence-corrected chi connectivity index (χ2v) is 6.48. The van der Waals surface area contributed by atoms with Crippen molar-refractivity contribution in [1.29, 1.82) is 0 Å². The molecule has 5 nitrogen and oxygen atoms in total. The Hall–Kier alpha value is -0.810. The van der Waals surface area contributed by atoms with Gasteiger partial charge in [0, 0.05) is 39.4 Å². The Balaban J connectivity index is 2.14. The molecule has 0 aliphatic carbocycles. The van der Waals surface area contributed by atoms with E-state index in [1.165, 1.54) is 25.8 Å². The molecule has 1 atom stereocenters. The smallest absolute Gasteiger partial charge is 0.191 e. The minimum Gasteiger partial charge on any atom is -0.381 e. The number of nitrogens with one attached hydrogen (secondary N) is 2. The summed E-state index contributed by atoms with van der Waals surface area (Å²) >= 11 is 0. The first-order valence-corrected chi connectivity index (χ1v) is 8.93. The fraction of sp³-hybridized carbons (Fsp3) is 0.941. The summed E-state index contributed by atoms with van der Waals surface area (Å²) in [6, 6.07) is 0.645. The summed E-state index contributed by atoms with van der Waals surface area (Å²) in [5, 5.41) is 6.84. The average molecular weight is 313 g/mol. The van der Waals surface area contributed by atoms with E-state index in [0.717, 1.165) is 45.2 Å². The second-order valence-electron chi connectivity index (χ2n) is 6.48. The maximum atomic E-state index is 5.59. The Morgan fingerprint density at radius 3 is 2.82 bits per heavy atom. The molecule has 1 unspecified atom stereocenters. The SMILES string of the molecule is CCN1CCCCC1CNC(=NC)NCCCOCC(C)C. The molecule has 0 aromatic carbocycles. The highest BCUT2D eigenvalue weighted by Gasteiger charge is 2.20. The third kappa shape index (κ3) is 7.99. The molecule has 0 aromatic heterocycles. The number of guanidine groups is 1. The number of hydrogen-bond donors (Lipinski definition) is 2. The van der Waals surface area contributed by atoms with Crippen LogP contribution in [0.15, 0.2) is 4.99 Å². The van der Waals surface area contributed by atoms with Gasteiger partial charge in [0.1, 0.15) is 0 Å². The van der Waals surface area contributed by atoms with Gasteiger partial charge in [-0.1, -0.05) is 27.2 Å². The molecule has 0 saturated carbocycles. The monoisotopic (exact) mass is 312 g/mol. The van der Waals surface area contributed by atoms with Crippen molar-refractivity contribution in [2.75, 3.05) is 46.4 Å². The van der Waals surface area contributed by atoms with E-state index in [4.69, 9.17) is 4.74 Å². The number of hydrogen-bond acceptors (Lipinski definition) is 3. The lowest BCUT2D eigenvalue weighted by Gasteiger charge is -2.35. The number of piperidine rings is 1. The Kier molecular flexibility index (Phi) is 10.2. The number of ether oxygens (including phenoxy) is 1. The molecule has 1 heterocycles. The van der Waals surface area contributed by atoms with Gasteiger partial charge in [0.15, 0.2) is 5.96 Å². The van der Waals surface area contributed by atoms with Gasteiger partial charge in [-0.25, -0.2) is 0 Å². The Morgan fingerprint density at radius 1 is 1.32 bits per heavy atom. The van der Waals surface area contributed by atoms with Crippen molar-refractivity contribution in [3.8, 4) is 0 Å². The van der Waals surface area contributed by atoms with Gasteiger partial charge in [-0.05, 0) is 38.3 Å². The third-order valence-corrected chi connectivity index (χ3v) is 4.09. The van der Waals surface area contributed by atoms with Crippen molar-refractivity contribution >= 4 is 5.96 Å². The van der Waals surface area contributed by atoms with E-state index >= 15 is 0 Å². The van der Waals surface area contributed by atoms with Crippen molar-refractivity contribution in [3.63, 3.8) is 0 Å². The fourth-order valence-corrected chi connectivity index (χ4v) is 2.84. The summed E-state index contributed by atoms with van der Waals surface area (Å²) < 4.78 is 5.59. The summed E-state index contributed by atoms with van der Waals surface area (Å²) in [5.74, 6) is 1.52. The Morgan fingerprint density at radius 2 is 2.14 bits per heavy atom. The first-order chi connectivity index (χ1) is 10.7. The first-order valence-electron chi connectivity index (χ1n) is 8.93. The van der Waals surface area contributed by atoms with E-state index in [2.05, 4.69) is 41.3 Å². The van der Waals surface area contributed by atoms with Gasteiger partial charge in [-0.3, -0.25) is 9.89 Å². The maximum absolute atomic E-state index is 5.59. The van der Waals surface area contributed by atoms with Crippen LogP contribution < -0.4 is 10.6 Å². The van der Waals surface area contributed by atoms with E-state index in [9.17, 15) is 0 Å². The van der Waals surface area contributed by atoms with E-state index in [-0.39, 0.29) is 0 Å². The molecular formula is C17H36N4O. The molecule has 0 bridgehead atoms. The molecular weight excluding hydrogens is 276 g/mol. The number of aliphatic imine (C=N–C) groups is 1. The molecule has 1 fully saturated rings. The van der Waals surface area contributed by atoms with Crippen LogP contribution in [0.5, 0.6) is 0 Å². The standard InChI is InChI=1S/C17H36N4O/c1-5-21-11-7-6-9-16(21)13-20-17(18-4)19-10-8-12-22-14-15(2)3/h15-16H,5-14H2,1-4H3,(H2,18,19,20). The van der Waals surface area contributed by atoms with Gasteiger partial charge in [0.05, 0.1) is 0 Å². The lowest BCUT2D eigenvalue weighted by atomic mass is 10.0. The zero-order valence-electron chi connectivity index (χ0n) is 15.0. The normalized spacial score (nSPS) is 20.4. The molecule has 1 aliphatic rings. The molecule has 0 aromatic rings. The number of likely N-dealkylation sites (tertiary alicyclic amines) is 1. The van der Waals surface area contributed by atoms with Crippen molar-refractivity contribution in [2.24, 2.45) is 10.9 Å². The van der Waals surface area contributed by atoms with Gasteiger partial charge in [-0.15, -0.1) is 0 Å². The number of likely N-dealkylation sites (N-methyl/N-ethyl adjacent to an activating group) is 1. The fourth-order valence-electron chi connectivity index (χ4n) is 2.84. The Bertz CT molecular complexity index is 307. The quantitative estimate of drug-likeness (QED) is 0.389. The molecule has 0 spiro atoms. The zero-order chi connectivity index (χ0) is 16.2. The molecule has 0 radical (unpaired) electrons. The van der Waals surface area contributed by atoms with Crippen LogP contribution in [0.4, 0.5) is 0 Å². The van der Waals surface area contributed by atoms with Crippen LogP contribution in [-0.2, 0) is 4.74 Å². The molecule has 5 heteroatoms. The van der Waals surface area contributed by atoms with Gasteiger partial charge < -0.3 is 15.4 Å². The van der Waals surface area contributed by atoms with Crippen LogP contribution in [0.1, 0.15) is 46.5 Å². The van der Waals surface area contributed by atoms with Crippen molar-refractivity contribution in [2.45, 2.75) is 52.5 Å². The highest BCUT2D eigenvalue weighted by molar-refractivity contribution is 5.79. The summed E-state index contributed by atoms with van der Waals surface area (Å²) in [6.45, 7) is 12.5. The number of rotatable bonds is 9. The minimum atomic E-state index is 0.611. The van der Waals surface area contributed by atoms with Crippen LogP contribution in [0.25, 0.3) is 0 Å². The lowest BCUT2D eigenvalue weighted by Crippen LogP contribution is -2.49. The van der Waals surface area contributed by atoms with Gasteiger partial charge in [0.25, 0.3) is 0 Å². The molecule has 1 saturated heterocycles. The maximum Gasteiger partial charge on any atom is 0.191 e. The van der Waals surface area contributed by atoms with Crippen LogP contribution in [0.3, 0.4) is 0 Å². The van der Waals surface area contributed by atoms with Crippen molar-refractivity contribution in [1.82, 2.24) is 15.5 Å². The molecule has 130 valence electrons. The van der Waals surface area contributed by atoms with Crippen LogP contribution in [0.2, 0.25) is 0 Å². The van der Waals surface area contributed by atoms with E-state index in [1.54, 1.807) is 0 Å². The van der Waals surface area contributed by atoms with E-state index < -0.39 is 0 Å². The topological polar surface area (TPSA) is 48.9 Å². The summed E-state index contributed by atoms with van der Waals surface area (Å²) in [6.07, 6.45) is 4.99. The molecule has 22 heavy (non-hydrogen) atoms. The summed E-state index contributed by atoms with van der Waals surface area (Å²) in [4.78, 5) is 6.88.